The molecule has 3 aromatic carbocycles. The lowest BCUT2D eigenvalue weighted by Crippen LogP contribution is -2.28. The highest BCUT2D eigenvalue weighted by molar-refractivity contribution is 6.51. The summed E-state index contributed by atoms with van der Waals surface area (Å²) in [6.45, 7) is 5.03. The molecule has 0 aromatic heterocycles. The second kappa shape index (κ2) is 12.0. The van der Waals surface area contributed by atoms with Gasteiger partial charge < -0.3 is 19.9 Å². The van der Waals surface area contributed by atoms with Gasteiger partial charge in [0.2, 0.25) is 0 Å². The van der Waals surface area contributed by atoms with Gasteiger partial charge in [0.1, 0.15) is 0 Å². The summed E-state index contributed by atoms with van der Waals surface area (Å²) < 4.78 is 11.7. The van der Waals surface area contributed by atoms with Crippen LogP contribution in [0.15, 0.2) is 78.9 Å². The van der Waals surface area contributed by atoms with Gasteiger partial charge in [-0.3, -0.25) is 0 Å². The first kappa shape index (κ1) is 21.0. The third kappa shape index (κ3) is 8.06. The fourth-order valence-corrected chi connectivity index (χ4v) is 3.14. The Bertz CT molecular complexity index is 780. The predicted octanol–water partition coefficient (Wildman–Crippen LogP) is 2.21. The van der Waals surface area contributed by atoms with Crippen molar-refractivity contribution in [1.29, 1.82) is 0 Å². The van der Waals surface area contributed by atoms with E-state index in [1.54, 1.807) is 0 Å². The van der Waals surface area contributed by atoms with Gasteiger partial charge in [0.25, 0.3) is 0 Å². The normalized spacial score (nSPS) is 10.4. The molecule has 4 nitrogen and oxygen atoms in total. The number of benzene rings is 3. The maximum atomic E-state index is 5.83. The molecule has 0 fully saturated rings. The standard InChI is InChI=1S/C23H28B2N2O2/c1-19-16-20(24-28-14-12-26-22-8-4-2-5-9-22)18-21(17-19)25-29-15-13-27-23-10-6-3-7-11-23/h2-11,16-18,24-27H,12-15H2,1H3. The minimum absolute atomic E-state index is 0.612. The van der Waals surface area contributed by atoms with Crippen LogP contribution in [-0.2, 0) is 9.31 Å². The predicted molar refractivity (Wildman–Crippen MR) is 127 cm³/mol. The number of para-hydroxylation sites is 2. The molecule has 3 aromatic rings. The van der Waals surface area contributed by atoms with E-state index in [1.807, 2.05) is 36.4 Å². The summed E-state index contributed by atoms with van der Waals surface area (Å²) in [4.78, 5) is 0. The summed E-state index contributed by atoms with van der Waals surface area (Å²) in [5, 5.41) is 6.71. The van der Waals surface area contributed by atoms with Crippen molar-refractivity contribution in [3.05, 3.63) is 84.4 Å². The molecule has 6 heteroatoms. The highest BCUT2D eigenvalue weighted by atomic mass is 16.4. The molecule has 148 valence electrons. The number of anilines is 2. The van der Waals surface area contributed by atoms with E-state index in [4.69, 9.17) is 9.31 Å². The zero-order chi connectivity index (χ0) is 20.2. The molecule has 3 rings (SSSR count). The largest absolute Gasteiger partial charge is 0.433 e. The maximum Gasteiger partial charge on any atom is 0.308 e. The van der Waals surface area contributed by atoms with Gasteiger partial charge in [-0.15, -0.1) is 0 Å². The summed E-state index contributed by atoms with van der Waals surface area (Å²) in [6, 6.07) is 26.9. The number of hydrogen-bond acceptors (Lipinski definition) is 4. The van der Waals surface area contributed by atoms with Crippen LogP contribution in [0.3, 0.4) is 0 Å². The molecule has 0 saturated carbocycles. The fraction of sp³-hybridized carbons (Fsp3) is 0.217. The highest BCUT2D eigenvalue weighted by Gasteiger charge is 2.04. The van der Waals surface area contributed by atoms with Crippen molar-refractivity contribution in [3.8, 4) is 0 Å². The van der Waals surface area contributed by atoms with Crippen molar-refractivity contribution < 1.29 is 9.31 Å². The van der Waals surface area contributed by atoms with Gasteiger partial charge in [0.15, 0.2) is 0 Å². The van der Waals surface area contributed by atoms with Crippen LogP contribution in [0.25, 0.3) is 0 Å². The summed E-state index contributed by atoms with van der Waals surface area (Å²) in [7, 11) is 1.22. The van der Waals surface area contributed by atoms with E-state index in [1.165, 1.54) is 16.5 Å². The Kier molecular flexibility index (Phi) is 8.70. The summed E-state index contributed by atoms with van der Waals surface area (Å²) >= 11 is 0. The minimum atomic E-state index is 0.612. The maximum absolute atomic E-state index is 5.83. The van der Waals surface area contributed by atoms with E-state index in [9.17, 15) is 0 Å². The van der Waals surface area contributed by atoms with E-state index in [2.05, 4.69) is 60.0 Å². The van der Waals surface area contributed by atoms with E-state index in [0.717, 1.165) is 24.5 Å². The molecule has 0 atom stereocenters. The van der Waals surface area contributed by atoms with Crippen LogP contribution < -0.4 is 21.6 Å². The quantitative estimate of drug-likeness (QED) is 0.370. The molecule has 0 saturated heterocycles. The molecule has 0 aliphatic heterocycles. The molecule has 0 spiro atoms. The highest BCUT2D eigenvalue weighted by Crippen LogP contribution is 2.04. The summed E-state index contributed by atoms with van der Waals surface area (Å²) in [5.74, 6) is 0. The summed E-state index contributed by atoms with van der Waals surface area (Å²) in [6.07, 6.45) is 0. The Hall–Kier alpha value is -2.69. The lowest BCUT2D eigenvalue weighted by molar-refractivity contribution is 0.358. The van der Waals surface area contributed by atoms with E-state index in [0.29, 0.717) is 28.2 Å². The molecule has 2 N–H and O–H groups in total. The van der Waals surface area contributed by atoms with Crippen molar-refractivity contribution in [2.45, 2.75) is 6.92 Å². The third-order valence-corrected chi connectivity index (χ3v) is 4.43. The number of hydrogen-bond donors (Lipinski definition) is 2. The molecular formula is C23H28B2N2O2. The van der Waals surface area contributed by atoms with Gasteiger partial charge in [-0.2, -0.15) is 0 Å². The van der Waals surface area contributed by atoms with Gasteiger partial charge >= 0.3 is 15.0 Å². The van der Waals surface area contributed by atoms with Gasteiger partial charge in [-0.05, 0) is 31.2 Å². The molecule has 0 heterocycles. The topological polar surface area (TPSA) is 42.5 Å². The smallest absolute Gasteiger partial charge is 0.308 e. The molecule has 29 heavy (non-hydrogen) atoms. The van der Waals surface area contributed by atoms with E-state index >= 15 is 0 Å². The number of aryl methyl sites for hydroxylation is 1. The lowest BCUT2D eigenvalue weighted by atomic mass is 9.79. The molecule has 0 aliphatic carbocycles. The van der Waals surface area contributed by atoms with Crippen LogP contribution in [0.2, 0.25) is 0 Å². The van der Waals surface area contributed by atoms with Crippen molar-refractivity contribution in [2.24, 2.45) is 0 Å². The summed E-state index contributed by atoms with van der Waals surface area (Å²) in [5.41, 5.74) is 5.84. The number of nitrogens with one attached hydrogen (secondary N) is 2. The SMILES string of the molecule is Cc1cc(BOCCNc2ccccc2)cc(BOCCNc2ccccc2)c1. The van der Waals surface area contributed by atoms with E-state index in [-0.39, 0.29) is 0 Å². The third-order valence-electron chi connectivity index (χ3n) is 4.43. The average Bonchev–Trinajstić information content (AvgIpc) is 2.74. The van der Waals surface area contributed by atoms with Crippen molar-refractivity contribution in [2.75, 3.05) is 36.9 Å². The first-order valence-electron chi connectivity index (χ1n) is 10.1. The zero-order valence-corrected chi connectivity index (χ0v) is 17.1. The second-order valence-corrected chi connectivity index (χ2v) is 7.02. The number of rotatable bonds is 12. The van der Waals surface area contributed by atoms with Crippen LogP contribution in [0, 0.1) is 6.92 Å². The monoisotopic (exact) mass is 386 g/mol. The molecule has 0 radical (unpaired) electrons. The first-order valence-corrected chi connectivity index (χ1v) is 10.1. The average molecular weight is 386 g/mol. The lowest BCUT2D eigenvalue weighted by Gasteiger charge is -2.10. The Balaban J connectivity index is 1.34. The van der Waals surface area contributed by atoms with Crippen LogP contribution in [0.1, 0.15) is 5.56 Å². The first-order chi connectivity index (χ1) is 14.3. The van der Waals surface area contributed by atoms with Gasteiger partial charge in [-0.1, -0.05) is 71.1 Å². The Morgan fingerprint density at radius 3 is 1.55 bits per heavy atom. The Morgan fingerprint density at radius 2 is 1.10 bits per heavy atom. The van der Waals surface area contributed by atoms with Gasteiger partial charge in [-0.25, -0.2) is 0 Å². The molecular weight excluding hydrogens is 358 g/mol. The Labute approximate surface area is 175 Å². The Morgan fingerprint density at radius 1 is 0.655 bits per heavy atom. The second-order valence-electron chi connectivity index (χ2n) is 7.02. The molecule has 0 unspecified atom stereocenters. The van der Waals surface area contributed by atoms with Crippen molar-refractivity contribution >= 4 is 37.3 Å². The van der Waals surface area contributed by atoms with Crippen LogP contribution in [0.5, 0.6) is 0 Å². The van der Waals surface area contributed by atoms with Crippen molar-refractivity contribution in [1.82, 2.24) is 0 Å². The van der Waals surface area contributed by atoms with Crippen molar-refractivity contribution in [3.63, 3.8) is 0 Å². The van der Waals surface area contributed by atoms with Gasteiger partial charge in [0.05, 0.1) is 0 Å². The van der Waals surface area contributed by atoms with Crippen LogP contribution in [0.4, 0.5) is 11.4 Å². The zero-order valence-electron chi connectivity index (χ0n) is 17.1. The van der Waals surface area contributed by atoms with Gasteiger partial charge in [0, 0.05) is 37.7 Å². The molecule has 0 amide bonds. The molecule has 0 bridgehead atoms. The van der Waals surface area contributed by atoms with E-state index < -0.39 is 0 Å². The van der Waals surface area contributed by atoms with Crippen LogP contribution >= 0.6 is 0 Å². The fourth-order valence-electron chi connectivity index (χ4n) is 3.14. The minimum Gasteiger partial charge on any atom is -0.433 e. The van der Waals surface area contributed by atoms with Crippen LogP contribution in [-0.4, -0.2) is 41.3 Å². The molecule has 0 aliphatic rings.